The maximum atomic E-state index is 5.75. The lowest BCUT2D eigenvalue weighted by atomic mass is 9.94. The van der Waals surface area contributed by atoms with Crippen LogP contribution in [0.5, 0.6) is 11.5 Å². The van der Waals surface area contributed by atoms with Crippen LogP contribution in [0.3, 0.4) is 0 Å². The molecule has 2 rings (SSSR count). The van der Waals surface area contributed by atoms with E-state index in [2.05, 4.69) is 12.1 Å². The molecule has 3 nitrogen and oxygen atoms in total. The van der Waals surface area contributed by atoms with Gasteiger partial charge in [0.15, 0.2) is 0 Å². The third-order valence-electron chi connectivity index (χ3n) is 3.12. The highest BCUT2D eigenvalue weighted by atomic mass is 16.5. The van der Waals surface area contributed by atoms with Gasteiger partial charge in [0.1, 0.15) is 11.5 Å². The molecule has 1 aromatic carbocycles. The molecular weight excluding hydrogens is 240 g/mol. The quantitative estimate of drug-likeness (QED) is 0.785. The van der Waals surface area contributed by atoms with Crippen molar-refractivity contribution in [3.05, 3.63) is 35.1 Å². The molecule has 0 fully saturated rings. The molecule has 0 atom stereocenters. The van der Waals surface area contributed by atoms with Gasteiger partial charge >= 0.3 is 0 Å². The summed E-state index contributed by atoms with van der Waals surface area (Å²) < 4.78 is 17.0. The van der Waals surface area contributed by atoms with E-state index in [1.807, 2.05) is 26.8 Å². The smallest absolute Gasteiger partial charge is 0.126 e. The molecule has 19 heavy (non-hydrogen) atoms. The maximum Gasteiger partial charge on any atom is 0.126 e. The van der Waals surface area contributed by atoms with Gasteiger partial charge in [-0.1, -0.05) is 0 Å². The van der Waals surface area contributed by atoms with Crippen molar-refractivity contribution >= 4 is 0 Å². The highest BCUT2D eigenvalue weighted by Crippen LogP contribution is 2.34. The van der Waals surface area contributed by atoms with E-state index in [4.69, 9.17) is 14.2 Å². The number of hydrogen-bond donors (Lipinski definition) is 0. The van der Waals surface area contributed by atoms with E-state index in [0.717, 1.165) is 30.1 Å². The second kappa shape index (κ2) is 6.50. The second-order valence-electron chi connectivity index (χ2n) is 4.41. The third kappa shape index (κ3) is 3.22. The Morgan fingerprint density at radius 2 is 1.68 bits per heavy atom. The molecule has 0 heterocycles. The normalized spacial score (nSPS) is 13.5. The minimum atomic E-state index is 0.662. The largest absolute Gasteiger partial charge is 0.498 e. The average molecular weight is 262 g/mol. The van der Waals surface area contributed by atoms with Gasteiger partial charge in [0.05, 0.1) is 25.6 Å². The molecule has 0 saturated carbocycles. The van der Waals surface area contributed by atoms with Crippen LogP contribution in [0, 0.1) is 0 Å². The van der Waals surface area contributed by atoms with Crippen LogP contribution in [0.2, 0.25) is 0 Å². The van der Waals surface area contributed by atoms with Crippen LogP contribution in [0.15, 0.2) is 24.0 Å². The number of rotatable bonds is 6. The Balaban J connectivity index is 2.30. The average Bonchev–Trinajstić information content (AvgIpc) is 2.40. The molecule has 104 valence electrons. The first-order valence-electron chi connectivity index (χ1n) is 7.01. The zero-order valence-electron chi connectivity index (χ0n) is 12.0. The molecule has 0 saturated heterocycles. The van der Waals surface area contributed by atoms with Crippen LogP contribution in [-0.4, -0.2) is 19.8 Å². The van der Waals surface area contributed by atoms with E-state index >= 15 is 0 Å². The Labute approximate surface area is 115 Å². The summed E-state index contributed by atoms with van der Waals surface area (Å²) in [7, 11) is 0. The molecule has 1 aliphatic carbocycles. The first-order valence-corrected chi connectivity index (χ1v) is 7.01. The van der Waals surface area contributed by atoms with Gasteiger partial charge in [-0.05, 0) is 44.9 Å². The summed E-state index contributed by atoms with van der Waals surface area (Å²) >= 11 is 0. The van der Waals surface area contributed by atoms with Gasteiger partial charge in [-0.3, -0.25) is 0 Å². The third-order valence-corrected chi connectivity index (χ3v) is 3.12. The molecule has 0 N–H and O–H groups in total. The summed E-state index contributed by atoms with van der Waals surface area (Å²) in [6.07, 6.45) is 3.84. The fourth-order valence-corrected chi connectivity index (χ4v) is 2.36. The number of benzene rings is 1. The summed E-state index contributed by atoms with van der Waals surface area (Å²) in [4.78, 5) is 0. The van der Waals surface area contributed by atoms with E-state index in [-0.39, 0.29) is 0 Å². The SMILES string of the molecule is CCOC1=CCc2cc(OCC)cc(OCC)c2C1. The lowest BCUT2D eigenvalue weighted by molar-refractivity contribution is 0.219. The molecule has 1 aliphatic rings. The minimum absolute atomic E-state index is 0.662. The lowest BCUT2D eigenvalue weighted by Gasteiger charge is -2.21. The molecule has 0 radical (unpaired) electrons. The fourth-order valence-electron chi connectivity index (χ4n) is 2.36. The van der Waals surface area contributed by atoms with Crippen LogP contribution >= 0.6 is 0 Å². The Hall–Kier alpha value is -1.64. The number of allylic oxidation sites excluding steroid dienone is 2. The van der Waals surface area contributed by atoms with Crippen molar-refractivity contribution in [1.82, 2.24) is 0 Å². The molecule has 1 aromatic rings. The van der Waals surface area contributed by atoms with E-state index in [1.54, 1.807) is 0 Å². The molecular formula is C16H22O3. The topological polar surface area (TPSA) is 27.7 Å². The monoisotopic (exact) mass is 262 g/mol. The first kappa shape index (κ1) is 13.8. The van der Waals surface area contributed by atoms with Gasteiger partial charge in [-0.25, -0.2) is 0 Å². The Bertz CT molecular complexity index is 463. The summed E-state index contributed by atoms with van der Waals surface area (Å²) in [6, 6.07) is 4.10. The van der Waals surface area contributed by atoms with Crippen LogP contribution in [-0.2, 0) is 17.6 Å². The molecule has 0 aromatic heterocycles. The van der Waals surface area contributed by atoms with Crippen LogP contribution in [0.1, 0.15) is 31.9 Å². The molecule has 0 amide bonds. The number of fused-ring (bicyclic) bond motifs is 1. The Morgan fingerprint density at radius 1 is 0.947 bits per heavy atom. The van der Waals surface area contributed by atoms with Crippen molar-refractivity contribution in [2.75, 3.05) is 19.8 Å². The zero-order chi connectivity index (χ0) is 13.7. The summed E-state index contributed by atoms with van der Waals surface area (Å²) in [5.41, 5.74) is 2.51. The van der Waals surface area contributed by atoms with Crippen molar-refractivity contribution in [2.24, 2.45) is 0 Å². The van der Waals surface area contributed by atoms with Crippen molar-refractivity contribution in [2.45, 2.75) is 33.6 Å². The van der Waals surface area contributed by atoms with Gasteiger partial charge in [0.25, 0.3) is 0 Å². The Kier molecular flexibility index (Phi) is 4.72. The maximum absolute atomic E-state index is 5.75. The zero-order valence-corrected chi connectivity index (χ0v) is 12.0. The molecule has 0 spiro atoms. The van der Waals surface area contributed by atoms with Gasteiger partial charge in [0.2, 0.25) is 0 Å². The van der Waals surface area contributed by atoms with E-state index in [1.165, 1.54) is 11.1 Å². The first-order chi connectivity index (χ1) is 9.28. The second-order valence-corrected chi connectivity index (χ2v) is 4.41. The lowest BCUT2D eigenvalue weighted by Crippen LogP contribution is -2.09. The molecule has 0 bridgehead atoms. The van der Waals surface area contributed by atoms with Crippen molar-refractivity contribution in [1.29, 1.82) is 0 Å². The van der Waals surface area contributed by atoms with Crippen molar-refractivity contribution in [3.8, 4) is 11.5 Å². The highest BCUT2D eigenvalue weighted by molar-refractivity contribution is 5.50. The van der Waals surface area contributed by atoms with Crippen molar-refractivity contribution < 1.29 is 14.2 Å². The van der Waals surface area contributed by atoms with Gasteiger partial charge in [-0.2, -0.15) is 0 Å². The fraction of sp³-hybridized carbons (Fsp3) is 0.500. The predicted octanol–water partition coefficient (Wildman–Crippen LogP) is 3.50. The van der Waals surface area contributed by atoms with E-state index in [0.29, 0.717) is 19.8 Å². The number of ether oxygens (including phenoxy) is 3. The van der Waals surface area contributed by atoms with E-state index in [9.17, 15) is 0 Å². The molecule has 3 heteroatoms. The van der Waals surface area contributed by atoms with Gasteiger partial charge in [0, 0.05) is 18.1 Å². The standard InChI is InChI=1S/C16H22O3/c1-4-17-13-8-7-12-9-14(18-5-2)11-16(19-6-3)15(12)10-13/h8-9,11H,4-7,10H2,1-3H3. The highest BCUT2D eigenvalue weighted by Gasteiger charge is 2.18. The molecule has 0 unspecified atom stereocenters. The van der Waals surface area contributed by atoms with Gasteiger partial charge < -0.3 is 14.2 Å². The van der Waals surface area contributed by atoms with Gasteiger partial charge in [-0.15, -0.1) is 0 Å². The summed E-state index contributed by atoms with van der Waals surface area (Å²) in [5, 5.41) is 0. The number of hydrogen-bond acceptors (Lipinski definition) is 3. The van der Waals surface area contributed by atoms with Crippen LogP contribution in [0.4, 0.5) is 0 Å². The summed E-state index contributed by atoms with van der Waals surface area (Å²) in [6.45, 7) is 8.05. The summed E-state index contributed by atoms with van der Waals surface area (Å²) in [5.74, 6) is 2.85. The van der Waals surface area contributed by atoms with Crippen LogP contribution in [0.25, 0.3) is 0 Å². The van der Waals surface area contributed by atoms with E-state index < -0.39 is 0 Å². The minimum Gasteiger partial charge on any atom is -0.498 e. The Morgan fingerprint density at radius 3 is 2.37 bits per heavy atom. The van der Waals surface area contributed by atoms with Crippen LogP contribution < -0.4 is 9.47 Å². The molecule has 0 aliphatic heterocycles. The van der Waals surface area contributed by atoms with Crippen molar-refractivity contribution in [3.63, 3.8) is 0 Å². The predicted molar refractivity (Wildman–Crippen MR) is 75.9 cm³/mol.